The van der Waals surface area contributed by atoms with Gasteiger partial charge in [0.25, 0.3) is 5.22 Å². The van der Waals surface area contributed by atoms with Crippen LogP contribution in [0.1, 0.15) is 0 Å². The number of methoxy groups -OCH3 is 2. The van der Waals surface area contributed by atoms with Crippen molar-refractivity contribution in [3.8, 4) is 23.0 Å². The largest absolute Gasteiger partial charge is 0.493 e. The molecule has 146 valence electrons. The van der Waals surface area contributed by atoms with E-state index in [2.05, 4.69) is 15.5 Å². The summed E-state index contributed by atoms with van der Waals surface area (Å²) in [6.45, 7) is 0. The zero-order chi connectivity index (χ0) is 20.1. The minimum atomic E-state index is -0.264. The molecule has 0 radical (unpaired) electrons. The lowest BCUT2D eigenvalue weighted by Gasteiger charge is -2.07. The number of nitrogens with one attached hydrogen (secondary N) is 1. The lowest BCUT2D eigenvalue weighted by molar-refractivity contribution is -0.113. The minimum Gasteiger partial charge on any atom is -0.493 e. The summed E-state index contributed by atoms with van der Waals surface area (Å²) in [5.74, 6) is 1.27. The molecular formula is C18H15Cl2N3O4S. The van der Waals surface area contributed by atoms with E-state index in [4.69, 9.17) is 37.1 Å². The second kappa shape index (κ2) is 9.18. The molecule has 0 aliphatic heterocycles. The maximum atomic E-state index is 12.1. The molecule has 3 rings (SSSR count). The third kappa shape index (κ3) is 4.89. The summed E-state index contributed by atoms with van der Waals surface area (Å²) < 4.78 is 16.1. The number of amides is 1. The van der Waals surface area contributed by atoms with Gasteiger partial charge in [-0.1, -0.05) is 35.0 Å². The van der Waals surface area contributed by atoms with Crippen molar-refractivity contribution in [1.29, 1.82) is 0 Å². The van der Waals surface area contributed by atoms with Crippen molar-refractivity contribution in [3.05, 3.63) is 46.4 Å². The van der Waals surface area contributed by atoms with Gasteiger partial charge in [0.15, 0.2) is 11.5 Å². The first-order valence-corrected chi connectivity index (χ1v) is 9.68. The maximum Gasteiger partial charge on any atom is 0.277 e. The average molecular weight is 440 g/mol. The zero-order valence-electron chi connectivity index (χ0n) is 14.9. The van der Waals surface area contributed by atoms with Crippen molar-refractivity contribution in [2.75, 3.05) is 25.3 Å². The van der Waals surface area contributed by atoms with E-state index in [9.17, 15) is 4.79 Å². The van der Waals surface area contributed by atoms with E-state index in [0.29, 0.717) is 38.7 Å². The lowest BCUT2D eigenvalue weighted by Crippen LogP contribution is -2.14. The number of halogens is 2. The van der Waals surface area contributed by atoms with Gasteiger partial charge in [0, 0.05) is 10.6 Å². The first kappa shape index (κ1) is 20.3. The third-order valence-electron chi connectivity index (χ3n) is 3.57. The Bertz CT molecular complexity index is 997. The summed E-state index contributed by atoms with van der Waals surface area (Å²) in [6, 6.07) is 10.1. The Morgan fingerprint density at radius 3 is 2.61 bits per heavy atom. The van der Waals surface area contributed by atoms with Crippen LogP contribution in [-0.2, 0) is 4.79 Å². The molecule has 1 N–H and O–H groups in total. The van der Waals surface area contributed by atoms with Gasteiger partial charge in [0.05, 0.1) is 30.7 Å². The molecule has 0 saturated carbocycles. The molecule has 1 aromatic heterocycles. The van der Waals surface area contributed by atoms with Gasteiger partial charge < -0.3 is 19.2 Å². The van der Waals surface area contributed by atoms with Gasteiger partial charge in [-0.25, -0.2) is 0 Å². The van der Waals surface area contributed by atoms with Crippen molar-refractivity contribution in [2.24, 2.45) is 0 Å². The van der Waals surface area contributed by atoms with Crippen LogP contribution >= 0.6 is 35.0 Å². The summed E-state index contributed by atoms with van der Waals surface area (Å²) in [5.41, 5.74) is 1.16. The highest BCUT2D eigenvalue weighted by Crippen LogP contribution is 2.32. The standard InChI is InChI=1S/C18H15Cl2N3O4S/c1-25-14-6-3-10(7-15(14)26-2)17-22-23-18(27-17)28-9-16(24)21-13-5-4-11(19)8-12(13)20/h3-8H,9H2,1-2H3,(H,21,24). The number of ether oxygens (including phenoxy) is 2. The summed E-state index contributed by atoms with van der Waals surface area (Å²) >= 11 is 13.0. The van der Waals surface area contributed by atoms with Crippen LogP contribution in [0.4, 0.5) is 5.69 Å². The van der Waals surface area contributed by atoms with Gasteiger partial charge in [-0.05, 0) is 36.4 Å². The molecule has 1 heterocycles. The molecular weight excluding hydrogens is 425 g/mol. The number of hydrogen-bond donors (Lipinski definition) is 1. The van der Waals surface area contributed by atoms with Crippen LogP contribution in [0, 0.1) is 0 Å². The fourth-order valence-corrected chi connectivity index (χ4v) is 3.28. The number of benzene rings is 2. The average Bonchev–Trinajstić information content (AvgIpc) is 3.17. The molecule has 0 atom stereocenters. The highest BCUT2D eigenvalue weighted by molar-refractivity contribution is 7.99. The van der Waals surface area contributed by atoms with Crippen LogP contribution in [0.25, 0.3) is 11.5 Å². The molecule has 10 heteroatoms. The Morgan fingerprint density at radius 2 is 1.89 bits per heavy atom. The molecule has 0 spiro atoms. The third-order valence-corrected chi connectivity index (χ3v) is 4.94. The van der Waals surface area contributed by atoms with E-state index in [0.717, 1.165) is 11.8 Å². The van der Waals surface area contributed by atoms with Crippen molar-refractivity contribution in [1.82, 2.24) is 10.2 Å². The lowest BCUT2D eigenvalue weighted by atomic mass is 10.2. The van der Waals surface area contributed by atoms with Gasteiger partial charge in [-0.15, -0.1) is 10.2 Å². The number of thioether (sulfide) groups is 1. The van der Waals surface area contributed by atoms with E-state index in [-0.39, 0.29) is 16.9 Å². The van der Waals surface area contributed by atoms with Gasteiger partial charge in [-0.3, -0.25) is 4.79 Å². The number of anilines is 1. The van der Waals surface area contributed by atoms with Gasteiger partial charge in [0.2, 0.25) is 11.8 Å². The maximum absolute atomic E-state index is 12.1. The molecule has 0 unspecified atom stereocenters. The molecule has 0 bridgehead atoms. The molecule has 1 amide bonds. The molecule has 0 aliphatic rings. The van der Waals surface area contributed by atoms with Crippen LogP contribution < -0.4 is 14.8 Å². The SMILES string of the molecule is COc1ccc(-c2nnc(SCC(=O)Nc3ccc(Cl)cc3Cl)o2)cc1OC. The van der Waals surface area contributed by atoms with Crippen LogP contribution in [0.3, 0.4) is 0 Å². The summed E-state index contributed by atoms with van der Waals surface area (Å²) in [7, 11) is 3.10. The van der Waals surface area contributed by atoms with Crippen molar-refractivity contribution >= 4 is 46.6 Å². The molecule has 2 aromatic carbocycles. The molecule has 3 aromatic rings. The molecule has 7 nitrogen and oxygen atoms in total. The van der Waals surface area contributed by atoms with Crippen molar-refractivity contribution < 1.29 is 18.7 Å². The van der Waals surface area contributed by atoms with E-state index < -0.39 is 0 Å². The smallest absolute Gasteiger partial charge is 0.277 e. The van der Waals surface area contributed by atoms with Gasteiger partial charge in [0.1, 0.15) is 0 Å². The number of rotatable bonds is 7. The van der Waals surface area contributed by atoms with E-state index in [1.165, 1.54) is 0 Å². The molecule has 28 heavy (non-hydrogen) atoms. The Kier molecular flexibility index (Phi) is 6.66. The monoisotopic (exact) mass is 439 g/mol. The Morgan fingerprint density at radius 1 is 1.11 bits per heavy atom. The summed E-state index contributed by atoms with van der Waals surface area (Å²) in [6.07, 6.45) is 0. The van der Waals surface area contributed by atoms with Gasteiger partial charge >= 0.3 is 0 Å². The van der Waals surface area contributed by atoms with E-state index in [1.807, 2.05) is 0 Å². The second-order valence-corrected chi connectivity index (χ2v) is 7.17. The number of carbonyl (C=O) groups excluding carboxylic acids is 1. The van der Waals surface area contributed by atoms with Crippen molar-refractivity contribution in [2.45, 2.75) is 5.22 Å². The Labute approximate surface area is 175 Å². The first-order chi connectivity index (χ1) is 13.5. The van der Waals surface area contributed by atoms with Crippen LogP contribution in [0.2, 0.25) is 10.0 Å². The quantitative estimate of drug-likeness (QED) is 0.529. The molecule has 0 fully saturated rings. The van der Waals surface area contributed by atoms with Crippen molar-refractivity contribution in [3.63, 3.8) is 0 Å². The predicted octanol–water partition coefficient (Wildman–Crippen LogP) is 4.79. The first-order valence-electron chi connectivity index (χ1n) is 7.93. The van der Waals surface area contributed by atoms with Gasteiger partial charge in [-0.2, -0.15) is 0 Å². The second-order valence-electron chi connectivity index (χ2n) is 5.40. The number of carbonyl (C=O) groups is 1. The fourth-order valence-electron chi connectivity index (χ4n) is 2.26. The Balaban J connectivity index is 1.62. The number of aromatic nitrogens is 2. The predicted molar refractivity (Wildman–Crippen MR) is 109 cm³/mol. The van der Waals surface area contributed by atoms with Crippen LogP contribution in [0.5, 0.6) is 11.5 Å². The normalized spacial score (nSPS) is 10.6. The topological polar surface area (TPSA) is 86.5 Å². The number of nitrogens with zero attached hydrogens (tertiary/aromatic N) is 2. The van der Waals surface area contributed by atoms with E-state index >= 15 is 0 Å². The summed E-state index contributed by atoms with van der Waals surface area (Å²) in [5, 5.41) is 11.8. The van der Waals surface area contributed by atoms with E-state index in [1.54, 1.807) is 50.6 Å². The fraction of sp³-hybridized carbons (Fsp3) is 0.167. The molecule has 0 saturated heterocycles. The minimum absolute atomic E-state index is 0.0759. The molecule has 0 aliphatic carbocycles. The Hall–Kier alpha value is -2.42. The van der Waals surface area contributed by atoms with Crippen LogP contribution in [0.15, 0.2) is 46.0 Å². The van der Waals surface area contributed by atoms with Crippen LogP contribution in [-0.4, -0.2) is 36.1 Å². The summed E-state index contributed by atoms with van der Waals surface area (Å²) in [4.78, 5) is 12.1. The number of hydrogen-bond acceptors (Lipinski definition) is 7. The zero-order valence-corrected chi connectivity index (χ0v) is 17.2. The highest BCUT2D eigenvalue weighted by atomic mass is 35.5. The highest BCUT2D eigenvalue weighted by Gasteiger charge is 2.14.